The molecule has 3 heteroatoms. The predicted octanol–water partition coefficient (Wildman–Crippen LogP) is 0.624. The fraction of sp³-hybridized carbons (Fsp3) is 0.833. The molecule has 0 aromatic heterocycles. The van der Waals surface area contributed by atoms with E-state index in [0.29, 0.717) is 0 Å². The fourth-order valence-corrected chi connectivity index (χ4v) is 2.20. The number of hydrogen-bond acceptors (Lipinski definition) is 3. The molecule has 0 aromatic rings. The van der Waals surface area contributed by atoms with Gasteiger partial charge in [0.1, 0.15) is 0 Å². The molecule has 1 fully saturated rings. The fourth-order valence-electron chi connectivity index (χ4n) is 0.976. The predicted molar refractivity (Wildman–Crippen MR) is 37.1 cm³/mol. The van der Waals surface area contributed by atoms with Gasteiger partial charge in [-0.2, -0.15) is 17.0 Å². The van der Waals surface area contributed by atoms with Crippen molar-refractivity contribution in [3.63, 3.8) is 0 Å². The van der Waals surface area contributed by atoms with Gasteiger partial charge in [0.15, 0.2) is 0 Å². The van der Waals surface area contributed by atoms with Crippen molar-refractivity contribution >= 4 is 11.8 Å². The molecular formula is C6H9NOS. The van der Waals surface area contributed by atoms with Gasteiger partial charge in [0.05, 0.1) is 18.6 Å². The first kappa shape index (κ1) is 6.91. The lowest BCUT2D eigenvalue weighted by atomic mass is 10.1. The standard InChI is InChI=1S/C6H9NOS/c7-3-5-1-2-9-6(5)4-8/h5-6,8H,1-2,4H2/t5-,6-/m0/s1. The lowest BCUT2D eigenvalue weighted by Crippen LogP contribution is -2.13. The average molecular weight is 143 g/mol. The van der Waals surface area contributed by atoms with Crippen LogP contribution in [-0.4, -0.2) is 22.7 Å². The summed E-state index contributed by atoms with van der Waals surface area (Å²) >= 11 is 1.70. The van der Waals surface area contributed by atoms with Gasteiger partial charge < -0.3 is 5.11 Å². The van der Waals surface area contributed by atoms with Crippen LogP contribution in [-0.2, 0) is 0 Å². The number of aliphatic hydroxyl groups is 1. The van der Waals surface area contributed by atoms with Crippen LogP contribution in [0.4, 0.5) is 0 Å². The molecule has 1 rings (SSSR count). The van der Waals surface area contributed by atoms with Crippen LogP contribution in [0.3, 0.4) is 0 Å². The smallest absolute Gasteiger partial charge is 0.0668 e. The second kappa shape index (κ2) is 3.09. The first-order chi connectivity index (χ1) is 4.38. The van der Waals surface area contributed by atoms with Crippen molar-refractivity contribution in [3.05, 3.63) is 0 Å². The van der Waals surface area contributed by atoms with Crippen LogP contribution in [0.25, 0.3) is 0 Å². The monoisotopic (exact) mass is 143 g/mol. The van der Waals surface area contributed by atoms with Gasteiger partial charge in [0, 0.05) is 5.25 Å². The Kier molecular flexibility index (Phi) is 2.38. The van der Waals surface area contributed by atoms with E-state index >= 15 is 0 Å². The molecule has 9 heavy (non-hydrogen) atoms. The molecule has 0 spiro atoms. The van der Waals surface area contributed by atoms with Gasteiger partial charge in [-0.25, -0.2) is 0 Å². The van der Waals surface area contributed by atoms with E-state index in [1.807, 2.05) is 0 Å². The maximum Gasteiger partial charge on any atom is 0.0668 e. The van der Waals surface area contributed by atoms with E-state index in [1.54, 1.807) is 11.8 Å². The van der Waals surface area contributed by atoms with E-state index < -0.39 is 0 Å². The normalized spacial score (nSPS) is 34.2. The molecule has 50 valence electrons. The average Bonchev–Trinajstić information content (AvgIpc) is 2.33. The summed E-state index contributed by atoms with van der Waals surface area (Å²) in [5.41, 5.74) is 0. The largest absolute Gasteiger partial charge is 0.395 e. The molecule has 1 aliphatic rings. The van der Waals surface area contributed by atoms with E-state index in [0.717, 1.165) is 12.2 Å². The van der Waals surface area contributed by atoms with Gasteiger partial charge >= 0.3 is 0 Å². The summed E-state index contributed by atoms with van der Waals surface area (Å²) in [6, 6.07) is 2.18. The minimum atomic E-state index is 0.0972. The number of hydrogen-bond donors (Lipinski definition) is 1. The van der Waals surface area contributed by atoms with Gasteiger partial charge in [0.25, 0.3) is 0 Å². The molecule has 0 aromatic carbocycles. The molecule has 0 bridgehead atoms. The minimum Gasteiger partial charge on any atom is -0.395 e. The van der Waals surface area contributed by atoms with E-state index in [4.69, 9.17) is 10.4 Å². The van der Waals surface area contributed by atoms with E-state index in [1.165, 1.54) is 0 Å². The van der Waals surface area contributed by atoms with Gasteiger partial charge in [-0.15, -0.1) is 0 Å². The summed E-state index contributed by atoms with van der Waals surface area (Å²) in [4.78, 5) is 0. The van der Waals surface area contributed by atoms with Crippen molar-refractivity contribution in [2.75, 3.05) is 12.4 Å². The maximum absolute atomic E-state index is 8.70. The van der Waals surface area contributed by atoms with Gasteiger partial charge in [-0.1, -0.05) is 0 Å². The highest BCUT2D eigenvalue weighted by Gasteiger charge is 2.26. The summed E-state index contributed by atoms with van der Waals surface area (Å²) in [5.74, 6) is 1.13. The maximum atomic E-state index is 8.70. The molecule has 0 amide bonds. The molecule has 0 radical (unpaired) electrons. The number of nitriles is 1. The van der Waals surface area contributed by atoms with Gasteiger partial charge in [0.2, 0.25) is 0 Å². The molecule has 2 atom stereocenters. The number of thioether (sulfide) groups is 1. The summed E-state index contributed by atoms with van der Waals surface area (Å²) in [6.07, 6.45) is 0.951. The Labute approximate surface area is 58.9 Å². The van der Waals surface area contributed by atoms with Gasteiger partial charge in [-0.05, 0) is 12.2 Å². The first-order valence-corrected chi connectivity index (χ1v) is 4.05. The lowest BCUT2D eigenvalue weighted by molar-refractivity contribution is 0.281. The van der Waals surface area contributed by atoms with Crippen molar-refractivity contribution in [3.8, 4) is 6.07 Å². The summed E-state index contributed by atoms with van der Waals surface area (Å²) < 4.78 is 0. The third kappa shape index (κ3) is 1.38. The first-order valence-electron chi connectivity index (χ1n) is 3.00. The molecule has 0 aliphatic carbocycles. The Morgan fingerprint density at radius 2 is 2.56 bits per heavy atom. The third-order valence-electron chi connectivity index (χ3n) is 1.56. The Balaban J connectivity index is 2.44. The zero-order valence-corrected chi connectivity index (χ0v) is 5.90. The van der Waals surface area contributed by atoms with Crippen LogP contribution in [0.1, 0.15) is 6.42 Å². The SMILES string of the molecule is N#C[C@@H]1CCS[C@H]1CO. The van der Waals surface area contributed by atoms with Crippen LogP contribution in [0, 0.1) is 17.2 Å². The van der Waals surface area contributed by atoms with Crippen molar-refractivity contribution in [2.24, 2.45) is 5.92 Å². The number of nitrogens with zero attached hydrogens (tertiary/aromatic N) is 1. The molecule has 2 nitrogen and oxygen atoms in total. The Hall–Kier alpha value is -0.200. The molecule has 1 saturated heterocycles. The van der Waals surface area contributed by atoms with Crippen LogP contribution < -0.4 is 0 Å². The van der Waals surface area contributed by atoms with Crippen molar-refractivity contribution < 1.29 is 5.11 Å². The Bertz CT molecular complexity index is 132. The molecule has 1 heterocycles. The third-order valence-corrected chi connectivity index (χ3v) is 2.93. The second-order valence-corrected chi connectivity index (χ2v) is 3.46. The van der Waals surface area contributed by atoms with Crippen molar-refractivity contribution in [1.82, 2.24) is 0 Å². The van der Waals surface area contributed by atoms with Crippen LogP contribution >= 0.6 is 11.8 Å². The summed E-state index contributed by atoms with van der Waals surface area (Å²) in [7, 11) is 0. The van der Waals surface area contributed by atoms with Crippen LogP contribution in [0.15, 0.2) is 0 Å². The topological polar surface area (TPSA) is 44.0 Å². The van der Waals surface area contributed by atoms with Crippen LogP contribution in [0.2, 0.25) is 0 Å². The van der Waals surface area contributed by atoms with E-state index in [-0.39, 0.29) is 17.8 Å². The van der Waals surface area contributed by atoms with Gasteiger partial charge in [-0.3, -0.25) is 0 Å². The van der Waals surface area contributed by atoms with E-state index in [9.17, 15) is 0 Å². The number of aliphatic hydroxyl groups excluding tert-OH is 1. The quantitative estimate of drug-likeness (QED) is 0.585. The highest BCUT2D eigenvalue weighted by molar-refractivity contribution is 8.00. The Morgan fingerprint density at radius 3 is 3.00 bits per heavy atom. The molecule has 1 aliphatic heterocycles. The lowest BCUT2D eigenvalue weighted by Gasteiger charge is -2.05. The number of rotatable bonds is 1. The Morgan fingerprint density at radius 1 is 1.78 bits per heavy atom. The van der Waals surface area contributed by atoms with Crippen LogP contribution in [0.5, 0.6) is 0 Å². The highest BCUT2D eigenvalue weighted by Crippen LogP contribution is 2.30. The van der Waals surface area contributed by atoms with E-state index in [2.05, 4.69) is 6.07 Å². The minimum absolute atomic E-state index is 0.0972. The zero-order valence-electron chi connectivity index (χ0n) is 5.08. The second-order valence-electron chi connectivity index (χ2n) is 2.12. The van der Waals surface area contributed by atoms with Crippen molar-refractivity contribution in [2.45, 2.75) is 11.7 Å². The molecule has 0 saturated carbocycles. The zero-order chi connectivity index (χ0) is 6.69. The molecule has 1 N–H and O–H groups in total. The molecule has 0 unspecified atom stereocenters. The summed E-state index contributed by atoms with van der Waals surface area (Å²) in [5, 5.41) is 17.4. The molecular weight excluding hydrogens is 134 g/mol. The van der Waals surface area contributed by atoms with Crippen molar-refractivity contribution in [1.29, 1.82) is 5.26 Å². The summed E-state index contributed by atoms with van der Waals surface area (Å²) in [6.45, 7) is 0.156. The highest BCUT2D eigenvalue weighted by atomic mass is 32.2.